The fourth-order valence-electron chi connectivity index (χ4n) is 1.45. The average molecular weight is 172 g/mol. The first-order chi connectivity index (χ1) is 5.83. The molecule has 0 spiro atoms. The second-order valence-electron chi connectivity index (χ2n) is 3.21. The molecule has 4 heteroatoms. The summed E-state index contributed by atoms with van der Waals surface area (Å²) in [7, 11) is 0. The summed E-state index contributed by atoms with van der Waals surface area (Å²) < 4.78 is 5.33. The molecule has 1 aliphatic rings. The van der Waals surface area contributed by atoms with E-state index < -0.39 is 0 Å². The summed E-state index contributed by atoms with van der Waals surface area (Å²) in [5.74, 6) is 5.25. The SMILES string of the molecule is NNC(=O)CC1CCCCOC1. The Morgan fingerprint density at radius 2 is 2.42 bits per heavy atom. The summed E-state index contributed by atoms with van der Waals surface area (Å²) in [6.07, 6.45) is 3.84. The van der Waals surface area contributed by atoms with Gasteiger partial charge in [0.15, 0.2) is 0 Å². The zero-order chi connectivity index (χ0) is 8.81. The molecule has 1 aliphatic heterocycles. The monoisotopic (exact) mass is 172 g/mol. The van der Waals surface area contributed by atoms with Gasteiger partial charge in [-0.05, 0) is 18.8 Å². The molecular formula is C8H16N2O2. The Balaban J connectivity index is 2.24. The zero-order valence-electron chi connectivity index (χ0n) is 7.21. The van der Waals surface area contributed by atoms with Crippen LogP contribution in [0.1, 0.15) is 25.7 Å². The highest BCUT2D eigenvalue weighted by Gasteiger charge is 2.15. The standard InChI is InChI=1S/C8H16N2O2/c9-10-8(11)5-7-3-1-2-4-12-6-7/h7H,1-6,9H2,(H,10,11). The first-order valence-corrected chi connectivity index (χ1v) is 4.40. The number of amides is 1. The smallest absolute Gasteiger partial charge is 0.234 e. The van der Waals surface area contributed by atoms with Crippen LogP contribution in [0.2, 0.25) is 0 Å². The molecular weight excluding hydrogens is 156 g/mol. The second kappa shape index (κ2) is 5.11. The van der Waals surface area contributed by atoms with E-state index in [1.54, 1.807) is 0 Å². The lowest BCUT2D eigenvalue weighted by molar-refractivity contribution is -0.122. The highest BCUT2D eigenvalue weighted by molar-refractivity contribution is 5.75. The molecule has 0 aromatic heterocycles. The Bertz CT molecular complexity index is 142. The minimum absolute atomic E-state index is 0.0921. The van der Waals surface area contributed by atoms with E-state index in [-0.39, 0.29) is 5.91 Å². The molecule has 1 atom stereocenters. The van der Waals surface area contributed by atoms with Crippen LogP contribution in [0.3, 0.4) is 0 Å². The normalized spacial score (nSPS) is 24.6. The van der Waals surface area contributed by atoms with Crippen LogP contribution >= 0.6 is 0 Å². The van der Waals surface area contributed by atoms with Crippen molar-refractivity contribution >= 4 is 5.91 Å². The van der Waals surface area contributed by atoms with Gasteiger partial charge in [-0.15, -0.1) is 0 Å². The van der Waals surface area contributed by atoms with Gasteiger partial charge in [0.25, 0.3) is 0 Å². The predicted octanol–water partition coefficient (Wildman–Crippen LogP) is 0.183. The van der Waals surface area contributed by atoms with Crippen LogP contribution < -0.4 is 11.3 Å². The molecule has 0 aromatic carbocycles. The molecule has 4 nitrogen and oxygen atoms in total. The van der Waals surface area contributed by atoms with Crippen molar-refractivity contribution in [1.82, 2.24) is 5.43 Å². The minimum Gasteiger partial charge on any atom is -0.381 e. The number of hydrazine groups is 1. The second-order valence-corrected chi connectivity index (χ2v) is 3.21. The molecule has 12 heavy (non-hydrogen) atoms. The Kier molecular flexibility index (Phi) is 4.04. The molecule has 1 amide bonds. The Morgan fingerprint density at radius 1 is 1.58 bits per heavy atom. The van der Waals surface area contributed by atoms with E-state index in [9.17, 15) is 4.79 Å². The van der Waals surface area contributed by atoms with Crippen molar-refractivity contribution in [1.29, 1.82) is 0 Å². The van der Waals surface area contributed by atoms with Crippen LogP contribution in [-0.4, -0.2) is 19.1 Å². The average Bonchev–Trinajstić information content (AvgIpc) is 2.33. The van der Waals surface area contributed by atoms with Crippen molar-refractivity contribution < 1.29 is 9.53 Å². The minimum atomic E-state index is -0.0921. The largest absolute Gasteiger partial charge is 0.381 e. The third kappa shape index (κ3) is 3.19. The van der Waals surface area contributed by atoms with Gasteiger partial charge in [0.2, 0.25) is 5.91 Å². The highest BCUT2D eigenvalue weighted by Crippen LogP contribution is 2.16. The third-order valence-electron chi connectivity index (χ3n) is 2.14. The number of carbonyl (C=O) groups excluding carboxylic acids is 1. The van der Waals surface area contributed by atoms with Gasteiger partial charge in [-0.25, -0.2) is 5.84 Å². The predicted molar refractivity (Wildman–Crippen MR) is 45.1 cm³/mol. The van der Waals surface area contributed by atoms with E-state index in [0.717, 1.165) is 25.9 Å². The molecule has 0 bridgehead atoms. The summed E-state index contributed by atoms with van der Waals surface area (Å²) in [5.41, 5.74) is 2.14. The fourth-order valence-corrected chi connectivity index (χ4v) is 1.45. The fraction of sp³-hybridized carbons (Fsp3) is 0.875. The van der Waals surface area contributed by atoms with Crippen LogP contribution in [0.5, 0.6) is 0 Å². The number of hydrogen-bond acceptors (Lipinski definition) is 3. The van der Waals surface area contributed by atoms with Crippen LogP contribution in [0.4, 0.5) is 0 Å². The summed E-state index contributed by atoms with van der Waals surface area (Å²) in [4.78, 5) is 10.9. The first kappa shape index (κ1) is 9.48. The van der Waals surface area contributed by atoms with Gasteiger partial charge >= 0.3 is 0 Å². The number of rotatable bonds is 2. The van der Waals surface area contributed by atoms with Gasteiger partial charge in [-0.3, -0.25) is 10.2 Å². The molecule has 1 fully saturated rings. The summed E-state index contributed by atoms with van der Waals surface area (Å²) in [5, 5.41) is 0. The van der Waals surface area contributed by atoms with Gasteiger partial charge in [0.05, 0.1) is 0 Å². The highest BCUT2D eigenvalue weighted by atomic mass is 16.5. The van der Waals surface area contributed by atoms with Gasteiger partial charge < -0.3 is 4.74 Å². The van der Waals surface area contributed by atoms with Crippen LogP contribution in [0.25, 0.3) is 0 Å². The summed E-state index contributed by atoms with van der Waals surface area (Å²) >= 11 is 0. The number of nitrogens with two attached hydrogens (primary N) is 1. The quantitative estimate of drug-likeness (QED) is 0.355. The molecule has 1 unspecified atom stereocenters. The van der Waals surface area contributed by atoms with E-state index in [1.807, 2.05) is 0 Å². The summed E-state index contributed by atoms with van der Waals surface area (Å²) in [6, 6.07) is 0. The molecule has 0 saturated carbocycles. The van der Waals surface area contributed by atoms with E-state index in [0.29, 0.717) is 18.9 Å². The van der Waals surface area contributed by atoms with Crippen LogP contribution in [0.15, 0.2) is 0 Å². The van der Waals surface area contributed by atoms with E-state index in [4.69, 9.17) is 10.6 Å². The molecule has 1 saturated heterocycles. The van der Waals surface area contributed by atoms with E-state index in [1.165, 1.54) is 0 Å². The molecule has 0 aliphatic carbocycles. The zero-order valence-corrected chi connectivity index (χ0v) is 7.21. The maximum absolute atomic E-state index is 10.9. The van der Waals surface area contributed by atoms with Gasteiger partial charge in [-0.2, -0.15) is 0 Å². The number of hydrogen-bond donors (Lipinski definition) is 2. The Hall–Kier alpha value is -0.610. The van der Waals surface area contributed by atoms with Crippen molar-refractivity contribution in [2.75, 3.05) is 13.2 Å². The molecule has 70 valence electrons. The maximum Gasteiger partial charge on any atom is 0.234 e. The lowest BCUT2D eigenvalue weighted by atomic mass is 10.0. The van der Waals surface area contributed by atoms with Crippen molar-refractivity contribution in [3.63, 3.8) is 0 Å². The number of carbonyl (C=O) groups is 1. The lowest BCUT2D eigenvalue weighted by Crippen LogP contribution is -2.32. The topological polar surface area (TPSA) is 64.3 Å². The van der Waals surface area contributed by atoms with Crippen LogP contribution in [0, 0.1) is 5.92 Å². The lowest BCUT2D eigenvalue weighted by Gasteiger charge is -2.11. The molecule has 1 heterocycles. The maximum atomic E-state index is 10.9. The molecule has 0 aromatic rings. The molecule has 3 N–H and O–H groups in total. The van der Waals surface area contributed by atoms with Gasteiger partial charge in [-0.1, -0.05) is 6.42 Å². The Labute approximate surface area is 72.4 Å². The van der Waals surface area contributed by atoms with Crippen molar-refractivity contribution in [2.24, 2.45) is 11.8 Å². The van der Waals surface area contributed by atoms with Gasteiger partial charge in [0, 0.05) is 19.6 Å². The van der Waals surface area contributed by atoms with Gasteiger partial charge in [0.1, 0.15) is 0 Å². The van der Waals surface area contributed by atoms with Crippen molar-refractivity contribution in [3.8, 4) is 0 Å². The number of ether oxygens (including phenoxy) is 1. The summed E-state index contributed by atoms with van der Waals surface area (Å²) in [6.45, 7) is 1.54. The molecule has 0 radical (unpaired) electrons. The van der Waals surface area contributed by atoms with E-state index in [2.05, 4.69) is 5.43 Å². The van der Waals surface area contributed by atoms with Crippen molar-refractivity contribution in [2.45, 2.75) is 25.7 Å². The van der Waals surface area contributed by atoms with Crippen molar-refractivity contribution in [3.05, 3.63) is 0 Å². The van der Waals surface area contributed by atoms with E-state index >= 15 is 0 Å². The van der Waals surface area contributed by atoms with Crippen LogP contribution in [-0.2, 0) is 9.53 Å². The number of nitrogens with one attached hydrogen (secondary N) is 1. The third-order valence-corrected chi connectivity index (χ3v) is 2.14. The first-order valence-electron chi connectivity index (χ1n) is 4.40. The Morgan fingerprint density at radius 3 is 3.17 bits per heavy atom. The molecule has 1 rings (SSSR count).